The second kappa shape index (κ2) is 10.9. The van der Waals surface area contributed by atoms with Gasteiger partial charge in [0, 0.05) is 32.7 Å². The number of likely N-dealkylation sites (N-methyl/N-ethyl adjacent to an activating group) is 1. The first-order chi connectivity index (χ1) is 11.5. The van der Waals surface area contributed by atoms with Crippen LogP contribution in [0, 0.1) is 6.92 Å². The van der Waals surface area contributed by atoms with Crippen molar-refractivity contribution >= 4 is 5.96 Å². The number of aliphatic imine (C=N–C) groups is 1. The van der Waals surface area contributed by atoms with Gasteiger partial charge in [-0.1, -0.05) is 19.1 Å². The lowest BCUT2D eigenvalue weighted by Gasteiger charge is -2.25. The maximum Gasteiger partial charge on any atom is 0.191 e. The molecule has 0 saturated carbocycles. The summed E-state index contributed by atoms with van der Waals surface area (Å²) in [5.74, 6) is 1.80. The van der Waals surface area contributed by atoms with Gasteiger partial charge in [0.05, 0.1) is 7.11 Å². The van der Waals surface area contributed by atoms with Crippen molar-refractivity contribution in [2.45, 2.75) is 40.2 Å². The molecule has 5 heteroatoms. The Morgan fingerprint density at radius 2 is 1.96 bits per heavy atom. The first-order valence-electron chi connectivity index (χ1n) is 8.83. The molecule has 5 nitrogen and oxygen atoms in total. The zero-order valence-electron chi connectivity index (χ0n) is 16.1. The van der Waals surface area contributed by atoms with Gasteiger partial charge < -0.3 is 15.4 Å². The molecule has 24 heavy (non-hydrogen) atoms. The Hall–Kier alpha value is -1.75. The second-order valence-electron chi connectivity index (χ2n) is 6.20. The lowest BCUT2D eigenvalue weighted by atomic mass is 10.1. The third-order valence-electron chi connectivity index (χ3n) is 4.23. The van der Waals surface area contributed by atoms with Crippen LogP contribution in [0.4, 0.5) is 0 Å². The van der Waals surface area contributed by atoms with E-state index in [4.69, 9.17) is 4.74 Å². The summed E-state index contributed by atoms with van der Waals surface area (Å²) in [5, 5.41) is 6.75. The highest BCUT2D eigenvalue weighted by molar-refractivity contribution is 5.79. The monoisotopic (exact) mass is 334 g/mol. The van der Waals surface area contributed by atoms with Crippen molar-refractivity contribution in [3.8, 4) is 5.75 Å². The molecule has 0 atom stereocenters. The molecule has 0 heterocycles. The highest BCUT2D eigenvalue weighted by atomic mass is 16.5. The Morgan fingerprint density at radius 3 is 2.54 bits per heavy atom. The maximum absolute atomic E-state index is 5.38. The molecule has 0 aliphatic carbocycles. The van der Waals surface area contributed by atoms with Gasteiger partial charge in [0.2, 0.25) is 0 Å². The number of methoxy groups -OCH3 is 1. The SMILES string of the molecule is CCN(CCNC(=NC)NCCc1ccc(C)c(OC)c1)C(C)C. The summed E-state index contributed by atoms with van der Waals surface area (Å²) in [5.41, 5.74) is 2.43. The number of guanidine groups is 1. The molecule has 0 spiro atoms. The van der Waals surface area contributed by atoms with Crippen molar-refractivity contribution in [2.75, 3.05) is 40.3 Å². The summed E-state index contributed by atoms with van der Waals surface area (Å²) >= 11 is 0. The quantitative estimate of drug-likeness (QED) is 0.538. The maximum atomic E-state index is 5.38. The first-order valence-corrected chi connectivity index (χ1v) is 8.83. The molecule has 0 saturated heterocycles. The number of ether oxygens (including phenoxy) is 1. The standard InChI is InChI=1S/C19H34N4O/c1-7-23(15(2)3)13-12-22-19(20-5)21-11-10-17-9-8-16(4)18(14-17)24-6/h8-9,14-15H,7,10-13H2,1-6H3,(H2,20,21,22). The minimum absolute atomic E-state index is 0.572. The molecule has 1 rings (SSSR count). The predicted molar refractivity (Wildman–Crippen MR) is 103 cm³/mol. The Kier molecular flexibility index (Phi) is 9.23. The summed E-state index contributed by atoms with van der Waals surface area (Å²) in [6.07, 6.45) is 0.935. The first kappa shape index (κ1) is 20.3. The number of nitrogens with zero attached hydrogens (tertiary/aromatic N) is 2. The van der Waals surface area contributed by atoms with Crippen LogP contribution < -0.4 is 15.4 Å². The Bertz CT molecular complexity index is 514. The Balaban J connectivity index is 2.37. The highest BCUT2D eigenvalue weighted by Gasteiger charge is 2.06. The van der Waals surface area contributed by atoms with Crippen LogP contribution in [0.15, 0.2) is 23.2 Å². The van der Waals surface area contributed by atoms with Crippen LogP contribution in [0.25, 0.3) is 0 Å². The predicted octanol–water partition coefficient (Wildman–Crippen LogP) is 2.44. The van der Waals surface area contributed by atoms with Crippen LogP contribution in [-0.4, -0.2) is 57.2 Å². The van der Waals surface area contributed by atoms with Gasteiger partial charge in [-0.05, 0) is 50.9 Å². The van der Waals surface area contributed by atoms with Gasteiger partial charge in [-0.25, -0.2) is 0 Å². The zero-order valence-corrected chi connectivity index (χ0v) is 16.1. The van der Waals surface area contributed by atoms with Crippen molar-refractivity contribution in [1.29, 1.82) is 0 Å². The lowest BCUT2D eigenvalue weighted by molar-refractivity contribution is 0.237. The molecule has 0 aliphatic heterocycles. The van der Waals surface area contributed by atoms with Gasteiger partial charge in [0.15, 0.2) is 5.96 Å². The van der Waals surface area contributed by atoms with Gasteiger partial charge in [-0.15, -0.1) is 0 Å². The lowest BCUT2D eigenvalue weighted by Crippen LogP contribution is -2.43. The summed E-state index contributed by atoms with van der Waals surface area (Å²) < 4.78 is 5.38. The van der Waals surface area contributed by atoms with Crippen LogP contribution in [0.1, 0.15) is 31.9 Å². The number of rotatable bonds is 9. The van der Waals surface area contributed by atoms with Gasteiger partial charge in [0.1, 0.15) is 5.75 Å². The molecule has 0 aliphatic rings. The summed E-state index contributed by atoms with van der Waals surface area (Å²) in [4.78, 5) is 6.72. The fraction of sp³-hybridized carbons (Fsp3) is 0.632. The van der Waals surface area contributed by atoms with E-state index in [1.165, 1.54) is 5.56 Å². The summed E-state index contributed by atoms with van der Waals surface area (Å²) in [6, 6.07) is 6.93. The minimum Gasteiger partial charge on any atom is -0.496 e. The van der Waals surface area contributed by atoms with Crippen molar-refractivity contribution in [1.82, 2.24) is 15.5 Å². The van der Waals surface area contributed by atoms with Crippen molar-refractivity contribution in [2.24, 2.45) is 4.99 Å². The Labute approximate surface area is 147 Å². The molecule has 2 N–H and O–H groups in total. The van der Waals surface area contributed by atoms with E-state index >= 15 is 0 Å². The Morgan fingerprint density at radius 1 is 1.25 bits per heavy atom. The molecule has 1 aromatic rings. The fourth-order valence-electron chi connectivity index (χ4n) is 2.67. The number of hydrogen-bond donors (Lipinski definition) is 2. The molecule has 0 amide bonds. The minimum atomic E-state index is 0.572. The van der Waals surface area contributed by atoms with Gasteiger partial charge in [-0.3, -0.25) is 9.89 Å². The van der Waals surface area contributed by atoms with Crippen LogP contribution in [0.5, 0.6) is 5.75 Å². The van der Waals surface area contributed by atoms with Crippen molar-refractivity contribution < 1.29 is 4.74 Å². The zero-order chi connectivity index (χ0) is 17.9. The van der Waals surface area contributed by atoms with Crippen LogP contribution in [0.2, 0.25) is 0 Å². The average Bonchev–Trinajstić information content (AvgIpc) is 2.58. The molecular weight excluding hydrogens is 300 g/mol. The third-order valence-corrected chi connectivity index (χ3v) is 4.23. The fourth-order valence-corrected chi connectivity index (χ4v) is 2.67. The molecule has 0 aromatic heterocycles. The molecule has 136 valence electrons. The topological polar surface area (TPSA) is 48.9 Å². The number of aryl methyl sites for hydroxylation is 1. The largest absolute Gasteiger partial charge is 0.496 e. The van der Waals surface area contributed by atoms with Gasteiger partial charge in [-0.2, -0.15) is 0 Å². The molecule has 0 unspecified atom stereocenters. The summed E-state index contributed by atoms with van der Waals surface area (Å²) in [7, 11) is 3.52. The molecule has 0 bridgehead atoms. The van der Waals surface area contributed by atoms with Crippen LogP contribution in [-0.2, 0) is 6.42 Å². The van der Waals surface area contributed by atoms with E-state index in [1.807, 2.05) is 7.05 Å². The van der Waals surface area contributed by atoms with Crippen LogP contribution in [0.3, 0.4) is 0 Å². The second-order valence-corrected chi connectivity index (χ2v) is 6.20. The highest BCUT2D eigenvalue weighted by Crippen LogP contribution is 2.18. The van der Waals surface area contributed by atoms with E-state index in [0.29, 0.717) is 6.04 Å². The normalized spacial score (nSPS) is 11.9. The van der Waals surface area contributed by atoms with E-state index in [2.05, 4.69) is 66.4 Å². The van der Waals surface area contributed by atoms with E-state index in [9.17, 15) is 0 Å². The van der Waals surface area contributed by atoms with Gasteiger partial charge >= 0.3 is 0 Å². The van der Waals surface area contributed by atoms with E-state index in [0.717, 1.165) is 49.9 Å². The average molecular weight is 335 g/mol. The smallest absolute Gasteiger partial charge is 0.191 e. The number of nitrogens with one attached hydrogen (secondary N) is 2. The molecule has 0 fully saturated rings. The van der Waals surface area contributed by atoms with Crippen LogP contribution >= 0.6 is 0 Å². The summed E-state index contributed by atoms with van der Waals surface area (Å²) in [6.45, 7) is 12.5. The van der Waals surface area contributed by atoms with Gasteiger partial charge in [0.25, 0.3) is 0 Å². The number of benzene rings is 1. The van der Waals surface area contributed by atoms with E-state index in [-0.39, 0.29) is 0 Å². The third kappa shape index (κ3) is 6.79. The molecular formula is C19H34N4O. The van der Waals surface area contributed by atoms with E-state index < -0.39 is 0 Å². The number of hydrogen-bond acceptors (Lipinski definition) is 3. The van der Waals surface area contributed by atoms with Crippen molar-refractivity contribution in [3.05, 3.63) is 29.3 Å². The van der Waals surface area contributed by atoms with E-state index in [1.54, 1.807) is 7.11 Å². The molecule has 0 radical (unpaired) electrons. The molecule has 1 aromatic carbocycles. The van der Waals surface area contributed by atoms with Crippen molar-refractivity contribution in [3.63, 3.8) is 0 Å².